The standard InChI is InChI=1S/C22H34O4Si/c1-7-16(13-23)9-10-18-17(8-2)15(3)19-14-26-22(24)20(19)21(18)25-11-12-27(4,5)6/h9,23H,7-8,10-14H2,1-6H3/b16-9+. The zero-order valence-electron chi connectivity index (χ0n) is 17.7. The number of aliphatic hydroxyl groups is 1. The molecule has 2 rings (SSSR count). The maximum absolute atomic E-state index is 12.5. The van der Waals surface area contributed by atoms with Gasteiger partial charge < -0.3 is 14.6 Å². The summed E-state index contributed by atoms with van der Waals surface area (Å²) in [6.07, 6.45) is 4.43. The molecular formula is C22H34O4Si. The molecule has 4 nitrogen and oxygen atoms in total. The number of carbonyl (C=O) groups is 1. The normalized spacial score (nSPS) is 14.3. The second-order valence-electron chi connectivity index (χ2n) is 8.43. The van der Waals surface area contributed by atoms with E-state index in [1.54, 1.807) is 0 Å². The minimum atomic E-state index is -1.24. The Balaban J connectivity index is 2.53. The number of hydrogen-bond donors (Lipinski definition) is 1. The first-order valence-corrected chi connectivity index (χ1v) is 13.7. The molecule has 1 N–H and O–H groups in total. The maximum atomic E-state index is 12.5. The van der Waals surface area contributed by atoms with Crippen molar-refractivity contribution in [2.24, 2.45) is 0 Å². The fourth-order valence-electron chi connectivity index (χ4n) is 3.51. The Morgan fingerprint density at radius 1 is 1.26 bits per heavy atom. The fourth-order valence-corrected chi connectivity index (χ4v) is 4.22. The van der Waals surface area contributed by atoms with E-state index in [1.807, 2.05) is 6.92 Å². The largest absolute Gasteiger partial charge is 0.493 e. The summed E-state index contributed by atoms with van der Waals surface area (Å²) in [6.45, 7) is 14.2. The van der Waals surface area contributed by atoms with Crippen molar-refractivity contribution in [1.82, 2.24) is 0 Å². The number of rotatable bonds is 9. The molecular weight excluding hydrogens is 356 g/mol. The molecule has 1 aliphatic rings. The van der Waals surface area contributed by atoms with Gasteiger partial charge in [0.25, 0.3) is 0 Å². The summed E-state index contributed by atoms with van der Waals surface area (Å²) in [5.41, 5.74) is 6.05. The number of fused-ring (bicyclic) bond motifs is 1. The number of hydrogen-bond acceptors (Lipinski definition) is 4. The van der Waals surface area contributed by atoms with Crippen molar-refractivity contribution in [3.8, 4) is 5.75 Å². The van der Waals surface area contributed by atoms with Crippen molar-refractivity contribution in [3.05, 3.63) is 39.5 Å². The number of carbonyl (C=O) groups excluding carboxylic acids is 1. The van der Waals surface area contributed by atoms with E-state index in [-0.39, 0.29) is 12.6 Å². The van der Waals surface area contributed by atoms with Crippen molar-refractivity contribution in [2.45, 2.75) is 72.3 Å². The van der Waals surface area contributed by atoms with Crippen LogP contribution in [0.15, 0.2) is 11.6 Å². The SMILES string of the molecule is CC/C(=C\Cc1c(CC)c(C)c2c(c1OCC[Si](C)(C)C)C(=O)OC2)CO. The molecule has 1 aromatic rings. The fraction of sp³-hybridized carbons (Fsp3) is 0.591. The predicted octanol–water partition coefficient (Wildman–Crippen LogP) is 4.82. The molecule has 0 aliphatic carbocycles. The minimum absolute atomic E-state index is 0.0652. The molecule has 0 spiro atoms. The highest BCUT2D eigenvalue weighted by molar-refractivity contribution is 6.76. The van der Waals surface area contributed by atoms with Crippen LogP contribution in [-0.4, -0.2) is 32.4 Å². The average Bonchev–Trinajstić information content (AvgIpc) is 2.99. The van der Waals surface area contributed by atoms with Crippen molar-refractivity contribution in [1.29, 1.82) is 0 Å². The molecule has 0 radical (unpaired) electrons. The summed E-state index contributed by atoms with van der Waals surface area (Å²) in [5, 5.41) is 9.51. The zero-order chi connectivity index (χ0) is 20.2. The van der Waals surface area contributed by atoms with Crippen molar-refractivity contribution in [3.63, 3.8) is 0 Å². The number of benzene rings is 1. The van der Waals surface area contributed by atoms with Gasteiger partial charge in [0.05, 0.1) is 13.2 Å². The van der Waals surface area contributed by atoms with Gasteiger partial charge in [-0.3, -0.25) is 0 Å². The van der Waals surface area contributed by atoms with E-state index in [0.29, 0.717) is 30.9 Å². The number of aliphatic hydroxyl groups excluding tert-OH is 1. The Morgan fingerprint density at radius 2 is 1.96 bits per heavy atom. The van der Waals surface area contributed by atoms with Gasteiger partial charge in [0.15, 0.2) is 0 Å². The molecule has 1 aliphatic heterocycles. The van der Waals surface area contributed by atoms with Crippen LogP contribution in [0.25, 0.3) is 0 Å². The molecule has 0 saturated carbocycles. The zero-order valence-corrected chi connectivity index (χ0v) is 18.7. The van der Waals surface area contributed by atoms with Gasteiger partial charge in [-0.15, -0.1) is 0 Å². The van der Waals surface area contributed by atoms with Crippen LogP contribution in [0, 0.1) is 6.92 Å². The smallest absolute Gasteiger partial charge is 0.342 e. The Labute approximate surface area is 164 Å². The number of cyclic esters (lactones) is 1. The quantitative estimate of drug-likeness (QED) is 0.373. The molecule has 150 valence electrons. The molecule has 1 heterocycles. The number of esters is 1. The number of ether oxygens (including phenoxy) is 2. The first-order chi connectivity index (χ1) is 12.7. The predicted molar refractivity (Wildman–Crippen MR) is 112 cm³/mol. The second kappa shape index (κ2) is 9.07. The van der Waals surface area contributed by atoms with Crippen LogP contribution in [0.5, 0.6) is 5.75 Å². The van der Waals surface area contributed by atoms with Crippen LogP contribution in [-0.2, 0) is 24.2 Å². The van der Waals surface area contributed by atoms with Gasteiger partial charge >= 0.3 is 5.97 Å². The Morgan fingerprint density at radius 3 is 2.52 bits per heavy atom. The van der Waals surface area contributed by atoms with Crippen molar-refractivity contribution >= 4 is 14.0 Å². The first-order valence-electron chi connectivity index (χ1n) is 9.99. The van der Waals surface area contributed by atoms with Gasteiger partial charge in [-0.25, -0.2) is 4.79 Å². The summed E-state index contributed by atoms with van der Waals surface area (Å²) in [5.74, 6) is 0.430. The van der Waals surface area contributed by atoms with E-state index in [9.17, 15) is 9.90 Å². The average molecular weight is 391 g/mol. The van der Waals surface area contributed by atoms with Gasteiger partial charge in [0, 0.05) is 19.2 Å². The molecule has 0 bridgehead atoms. The van der Waals surface area contributed by atoms with Crippen LogP contribution < -0.4 is 4.74 Å². The first kappa shape index (κ1) is 21.7. The maximum Gasteiger partial charge on any atom is 0.342 e. The van der Waals surface area contributed by atoms with Crippen LogP contribution in [0.1, 0.15) is 52.9 Å². The highest BCUT2D eigenvalue weighted by Crippen LogP contribution is 2.39. The Bertz CT molecular complexity index is 723. The van der Waals surface area contributed by atoms with Crippen LogP contribution in [0.3, 0.4) is 0 Å². The lowest BCUT2D eigenvalue weighted by atomic mass is 9.89. The summed E-state index contributed by atoms with van der Waals surface area (Å²) >= 11 is 0. The lowest BCUT2D eigenvalue weighted by molar-refractivity contribution is 0.0532. The summed E-state index contributed by atoms with van der Waals surface area (Å²) < 4.78 is 11.6. The summed E-state index contributed by atoms with van der Waals surface area (Å²) in [6, 6.07) is 1.04. The van der Waals surface area contributed by atoms with Crippen LogP contribution in [0.4, 0.5) is 0 Å². The van der Waals surface area contributed by atoms with E-state index < -0.39 is 8.07 Å². The highest BCUT2D eigenvalue weighted by Gasteiger charge is 2.32. The lowest BCUT2D eigenvalue weighted by Gasteiger charge is -2.22. The Hall–Kier alpha value is -1.59. The van der Waals surface area contributed by atoms with Gasteiger partial charge in [-0.1, -0.05) is 39.6 Å². The molecule has 0 fully saturated rings. The minimum Gasteiger partial charge on any atom is -0.493 e. The molecule has 0 amide bonds. The van der Waals surface area contributed by atoms with Gasteiger partial charge in [0.1, 0.15) is 17.9 Å². The third-order valence-electron chi connectivity index (χ3n) is 5.33. The number of allylic oxidation sites excluding steroid dienone is 1. The molecule has 0 saturated heterocycles. The van der Waals surface area contributed by atoms with E-state index >= 15 is 0 Å². The molecule has 0 atom stereocenters. The van der Waals surface area contributed by atoms with Crippen LogP contribution in [0.2, 0.25) is 25.7 Å². The van der Waals surface area contributed by atoms with Crippen LogP contribution >= 0.6 is 0 Å². The molecule has 0 aromatic heterocycles. The highest BCUT2D eigenvalue weighted by atomic mass is 28.3. The second-order valence-corrected chi connectivity index (χ2v) is 14.1. The topological polar surface area (TPSA) is 55.8 Å². The van der Waals surface area contributed by atoms with E-state index in [0.717, 1.165) is 41.1 Å². The van der Waals surface area contributed by atoms with Gasteiger partial charge in [0.2, 0.25) is 0 Å². The third kappa shape index (κ3) is 5.02. The lowest BCUT2D eigenvalue weighted by Crippen LogP contribution is -2.23. The summed E-state index contributed by atoms with van der Waals surface area (Å²) in [4.78, 5) is 12.5. The molecule has 27 heavy (non-hydrogen) atoms. The van der Waals surface area contributed by atoms with Gasteiger partial charge in [-0.2, -0.15) is 0 Å². The van der Waals surface area contributed by atoms with E-state index in [4.69, 9.17) is 9.47 Å². The molecule has 0 unspecified atom stereocenters. The molecule has 5 heteroatoms. The monoisotopic (exact) mass is 390 g/mol. The van der Waals surface area contributed by atoms with Gasteiger partial charge in [-0.05, 0) is 48.9 Å². The van der Waals surface area contributed by atoms with Crippen molar-refractivity contribution < 1.29 is 19.4 Å². The van der Waals surface area contributed by atoms with E-state index in [1.165, 1.54) is 5.56 Å². The van der Waals surface area contributed by atoms with Crippen molar-refractivity contribution in [2.75, 3.05) is 13.2 Å². The molecule has 1 aromatic carbocycles. The third-order valence-corrected chi connectivity index (χ3v) is 7.03. The Kier molecular flexibility index (Phi) is 7.29. The van der Waals surface area contributed by atoms with E-state index in [2.05, 4.69) is 39.6 Å². The summed E-state index contributed by atoms with van der Waals surface area (Å²) in [7, 11) is -1.24.